The number of aromatic nitrogens is 2. The number of amides is 2. The lowest BCUT2D eigenvalue weighted by Gasteiger charge is -2.20. The van der Waals surface area contributed by atoms with Crippen molar-refractivity contribution >= 4 is 28.5 Å². The molecular weight excluding hydrogens is 460 g/mol. The Balaban J connectivity index is 1.50. The first-order chi connectivity index (χ1) is 18.1. The highest BCUT2D eigenvalue weighted by molar-refractivity contribution is 5.94. The van der Waals surface area contributed by atoms with Gasteiger partial charge in [-0.1, -0.05) is 78.4 Å². The van der Waals surface area contributed by atoms with E-state index in [1.807, 2.05) is 109 Å². The minimum absolute atomic E-state index is 0.0657. The maximum Gasteiger partial charge on any atom is 0.251 e. The monoisotopic (exact) mass is 488 g/mol. The summed E-state index contributed by atoms with van der Waals surface area (Å²) >= 11 is 0. The number of carbonyl (C=O) groups is 2. The molecule has 0 bridgehead atoms. The number of hydrogen-bond acceptors (Lipinski definition) is 3. The van der Waals surface area contributed by atoms with E-state index in [0.29, 0.717) is 17.8 Å². The van der Waals surface area contributed by atoms with Gasteiger partial charge in [0.25, 0.3) is 5.91 Å². The van der Waals surface area contributed by atoms with Crippen LogP contribution in [0.5, 0.6) is 0 Å². The number of nitrogens with one attached hydrogen (secondary N) is 2. The average Bonchev–Trinajstić information content (AvgIpc) is 3.29. The van der Waals surface area contributed by atoms with Gasteiger partial charge in [0, 0.05) is 11.3 Å². The van der Waals surface area contributed by atoms with Gasteiger partial charge in [0.15, 0.2) is 0 Å². The molecule has 4 aromatic carbocycles. The molecule has 6 heteroatoms. The van der Waals surface area contributed by atoms with E-state index >= 15 is 0 Å². The summed E-state index contributed by atoms with van der Waals surface area (Å²) in [4.78, 5) is 31.2. The molecule has 6 nitrogen and oxygen atoms in total. The summed E-state index contributed by atoms with van der Waals surface area (Å²) in [5, 5.41) is 6.15. The van der Waals surface area contributed by atoms with E-state index in [-0.39, 0.29) is 18.4 Å². The largest absolute Gasteiger partial charge is 0.342 e. The number of nitrogens with zero attached hydrogens (tertiary/aromatic N) is 2. The molecular formula is C31H28N4O2. The third-order valence-corrected chi connectivity index (χ3v) is 6.26. The van der Waals surface area contributed by atoms with Crippen molar-refractivity contribution in [1.82, 2.24) is 14.9 Å². The van der Waals surface area contributed by atoms with Crippen LogP contribution in [0, 0.1) is 6.92 Å². The SMILES string of the molecule is Cc1ccc(NC(=O)Cn2c(C(Cc3ccccc3)NC(=O)c3ccccc3)nc3ccccc32)cc1. The molecule has 0 aliphatic heterocycles. The van der Waals surface area contributed by atoms with Crippen LogP contribution >= 0.6 is 0 Å². The van der Waals surface area contributed by atoms with E-state index < -0.39 is 6.04 Å². The Bertz CT molecular complexity index is 1510. The smallest absolute Gasteiger partial charge is 0.251 e. The normalized spacial score (nSPS) is 11.7. The van der Waals surface area contributed by atoms with E-state index in [1.54, 1.807) is 12.1 Å². The summed E-state index contributed by atoms with van der Waals surface area (Å²) in [6.07, 6.45) is 0.530. The Morgan fingerprint density at radius 3 is 2.19 bits per heavy atom. The number of anilines is 1. The van der Waals surface area contributed by atoms with Crippen molar-refractivity contribution in [1.29, 1.82) is 0 Å². The van der Waals surface area contributed by atoms with Crippen molar-refractivity contribution in [2.75, 3.05) is 5.32 Å². The molecule has 1 atom stereocenters. The molecule has 1 aromatic heterocycles. The molecule has 0 radical (unpaired) electrons. The van der Waals surface area contributed by atoms with Crippen LogP contribution in [0.3, 0.4) is 0 Å². The minimum atomic E-state index is -0.449. The molecule has 0 aliphatic rings. The average molecular weight is 489 g/mol. The lowest BCUT2D eigenvalue weighted by Crippen LogP contribution is -2.33. The highest BCUT2D eigenvalue weighted by atomic mass is 16.2. The molecule has 5 aromatic rings. The minimum Gasteiger partial charge on any atom is -0.342 e. The molecule has 1 heterocycles. The Hall–Kier alpha value is -4.71. The molecule has 0 aliphatic carbocycles. The number of rotatable bonds is 8. The number of aryl methyl sites for hydroxylation is 1. The topological polar surface area (TPSA) is 76.0 Å². The maximum atomic E-state index is 13.2. The van der Waals surface area contributed by atoms with Crippen LogP contribution in [0.25, 0.3) is 11.0 Å². The summed E-state index contributed by atoms with van der Waals surface area (Å²) in [7, 11) is 0. The van der Waals surface area contributed by atoms with E-state index in [1.165, 1.54) is 0 Å². The number of benzene rings is 4. The van der Waals surface area contributed by atoms with Gasteiger partial charge in [0.05, 0.1) is 17.1 Å². The summed E-state index contributed by atoms with van der Waals surface area (Å²) in [5.74, 6) is 0.277. The number of imidazole rings is 1. The molecule has 1 unspecified atom stereocenters. The number of fused-ring (bicyclic) bond motifs is 1. The number of hydrogen-bond donors (Lipinski definition) is 2. The first-order valence-electron chi connectivity index (χ1n) is 12.3. The van der Waals surface area contributed by atoms with Crippen molar-refractivity contribution in [3.8, 4) is 0 Å². The Kier molecular flexibility index (Phi) is 7.08. The molecule has 5 rings (SSSR count). The van der Waals surface area contributed by atoms with E-state index in [9.17, 15) is 9.59 Å². The van der Waals surface area contributed by atoms with Crippen LogP contribution < -0.4 is 10.6 Å². The van der Waals surface area contributed by atoms with E-state index in [0.717, 1.165) is 27.8 Å². The summed E-state index contributed by atoms with van der Waals surface area (Å²) in [5.41, 5.74) is 5.10. The van der Waals surface area contributed by atoms with E-state index in [4.69, 9.17) is 4.98 Å². The molecule has 37 heavy (non-hydrogen) atoms. The van der Waals surface area contributed by atoms with Gasteiger partial charge in [0.2, 0.25) is 5.91 Å². The van der Waals surface area contributed by atoms with Crippen LogP contribution in [-0.2, 0) is 17.8 Å². The lowest BCUT2D eigenvalue weighted by atomic mass is 10.0. The zero-order chi connectivity index (χ0) is 25.6. The van der Waals surface area contributed by atoms with Crippen LogP contribution in [0.4, 0.5) is 5.69 Å². The zero-order valence-corrected chi connectivity index (χ0v) is 20.6. The fourth-order valence-electron chi connectivity index (χ4n) is 4.40. The standard InChI is InChI=1S/C31H28N4O2/c1-22-16-18-25(19-17-22)32-29(36)21-35-28-15-9-8-14-26(28)33-30(35)27(20-23-10-4-2-5-11-23)34-31(37)24-12-6-3-7-13-24/h2-19,27H,20-21H2,1H3,(H,32,36)(H,34,37). The number of carbonyl (C=O) groups excluding carboxylic acids is 2. The fourth-order valence-corrected chi connectivity index (χ4v) is 4.40. The van der Waals surface area contributed by atoms with E-state index in [2.05, 4.69) is 10.6 Å². The predicted octanol–water partition coefficient (Wildman–Crippen LogP) is 5.70. The zero-order valence-electron chi connectivity index (χ0n) is 20.6. The highest BCUT2D eigenvalue weighted by Crippen LogP contribution is 2.25. The Morgan fingerprint density at radius 1 is 0.811 bits per heavy atom. The van der Waals surface area contributed by atoms with Gasteiger partial charge >= 0.3 is 0 Å². The third kappa shape index (κ3) is 5.76. The summed E-state index contributed by atoms with van der Waals surface area (Å²) in [6.45, 7) is 2.07. The highest BCUT2D eigenvalue weighted by Gasteiger charge is 2.24. The van der Waals surface area contributed by atoms with Gasteiger partial charge in [0.1, 0.15) is 12.4 Å². The fraction of sp³-hybridized carbons (Fsp3) is 0.129. The van der Waals surface area contributed by atoms with Crippen LogP contribution in [0.15, 0.2) is 109 Å². The Labute approximate surface area is 216 Å². The van der Waals surface area contributed by atoms with Gasteiger partial charge in [-0.3, -0.25) is 9.59 Å². The Morgan fingerprint density at radius 2 is 1.46 bits per heavy atom. The summed E-state index contributed by atoms with van der Waals surface area (Å²) < 4.78 is 1.90. The maximum absolute atomic E-state index is 13.2. The van der Waals surface area contributed by atoms with Crippen molar-refractivity contribution in [2.45, 2.75) is 25.9 Å². The van der Waals surface area contributed by atoms with Gasteiger partial charge in [-0.05, 0) is 55.3 Å². The quantitative estimate of drug-likeness (QED) is 0.294. The molecule has 0 saturated heterocycles. The van der Waals surface area contributed by atoms with Gasteiger partial charge in [-0.2, -0.15) is 0 Å². The number of para-hydroxylation sites is 2. The van der Waals surface area contributed by atoms with Crippen LogP contribution in [-0.4, -0.2) is 21.4 Å². The molecule has 184 valence electrons. The van der Waals surface area contributed by atoms with Crippen LogP contribution in [0.1, 0.15) is 33.4 Å². The molecule has 2 amide bonds. The molecule has 2 N–H and O–H groups in total. The van der Waals surface area contributed by atoms with Crippen molar-refractivity contribution < 1.29 is 9.59 Å². The third-order valence-electron chi connectivity index (χ3n) is 6.26. The van der Waals surface area contributed by atoms with Gasteiger partial charge in [-0.15, -0.1) is 0 Å². The molecule has 0 saturated carbocycles. The predicted molar refractivity (Wildman–Crippen MR) is 146 cm³/mol. The van der Waals surface area contributed by atoms with Crippen molar-refractivity contribution in [3.05, 3.63) is 132 Å². The first-order valence-corrected chi connectivity index (χ1v) is 12.3. The second kappa shape index (κ2) is 10.9. The second-order valence-corrected chi connectivity index (χ2v) is 9.04. The summed E-state index contributed by atoms with van der Waals surface area (Å²) in [6, 6.07) is 34.1. The molecule has 0 fully saturated rings. The van der Waals surface area contributed by atoms with Gasteiger partial charge < -0.3 is 15.2 Å². The van der Waals surface area contributed by atoms with Crippen molar-refractivity contribution in [3.63, 3.8) is 0 Å². The van der Waals surface area contributed by atoms with Crippen LogP contribution in [0.2, 0.25) is 0 Å². The molecule has 0 spiro atoms. The van der Waals surface area contributed by atoms with Gasteiger partial charge in [-0.25, -0.2) is 4.98 Å². The van der Waals surface area contributed by atoms with Crippen molar-refractivity contribution in [2.24, 2.45) is 0 Å². The first kappa shape index (κ1) is 24.0. The lowest BCUT2D eigenvalue weighted by molar-refractivity contribution is -0.116. The second-order valence-electron chi connectivity index (χ2n) is 9.04.